The lowest BCUT2D eigenvalue weighted by Gasteiger charge is -2.22. The number of pyridine rings is 1. The van der Waals surface area contributed by atoms with Gasteiger partial charge < -0.3 is 29.7 Å². The minimum Gasteiger partial charge on any atom is -0.491 e. The standard InChI is InChI=1S/C23H27N3O5/c1-28-13-16-6-8-20(22(24)26-16)23(27)25-12-19-10-15-5-7-17(11-21(15)31-19)30-14-18-4-2-3-9-29-18/h5-8,10-11,18H,2-4,9,12-14H2,1H3,(H2,24,26)(H,25,27). The van der Waals surface area contributed by atoms with E-state index in [2.05, 4.69) is 10.3 Å². The number of aromatic nitrogens is 1. The number of amides is 1. The molecule has 0 radical (unpaired) electrons. The lowest BCUT2D eigenvalue weighted by atomic mass is 10.1. The topological polar surface area (TPSA) is 109 Å². The Bertz CT molecular complexity index is 1040. The first-order valence-corrected chi connectivity index (χ1v) is 10.4. The van der Waals surface area contributed by atoms with E-state index in [4.69, 9.17) is 24.4 Å². The lowest BCUT2D eigenvalue weighted by Crippen LogP contribution is -2.25. The number of benzene rings is 1. The second-order valence-electron chi connectivity index (χ2n) is 7.56. The van der Waals surface area contributed by atoms with Gasteiger partial charge in [-0.3, -0.25) is 4.79 Å². The first-order chi connectivity index (χ1) is 15.1. The summed E-state index contributed by atoms with van der Waals surface area (Å²) < 4.78 is 22.5. The van der Waals surface area contributed by atoms with E-state index in [0.717, 1.165) is 30.6 Å². The highest BCUT2D eigenvalue weighted by Gasteiger charge is 2.15. The Morgan fingerprint density at radius 2 is 2.16 bits per heavy atom. The third-order valence-corrected chi connectivity index (χ3v) is 5.19. The molecular weight excluding hydrogens is 398 g/mol. The number of anilines is 1. The average Bonchev–Trinajstić information content (AvgIpc) is 3.19. The molecule has 8 nitrogen and oxygen atoms in total. The van der Waals surface area contributed by atoms with E-state index in [-0.39, 0.29) is 24.4 Å². The predicted molar refractivity (Wildman–Crippen MR) is 116 cm³/mol. The molecule has 1 unspecified atom stereocenters. The maximum atomic E-state index is 12.5. The van der Waals surface area contributed by atoms with E-state index in [1.165, 1.54) is 6.42 Å². The van der Waals surface area contributed by atoms with Crippen molar-refractivity contribution in [1.82, 2.24) is 10.3 Å². The van der Waals surface area contributed by atoms with Gasteiger partial charge in [-0.2, -0.15) is 0 Å². The summed E-state index contributed by atoms with van der Waals surface area (Å²) in [6.45, 7) is 1.91. The number of nitrogens with one attached hydrogen (secondary N) is 1. The molecule has 31 heavy (non-hydrogen) atoms. The van der Waals surface area contributed by atoms with Crippen molar-refractivity contribution in [1.29, 1.82) is 0 Å². The monoisotopic (exact) mass is 425 g/mol. The van der Waals surface area contributed by atoms with Gasteiger partial charge in [0.15, 0.2) is 0 Å². The number of nitrogens with zero attached hydrogens (tertiary/aromatic N) is 1. The highest BCUT2D eigenvalue weighted by molar-refractivity contribution is 5.98. The fourth-order valence-electron chi connectivity index (χ4n) is 3.57. The van der Waals surface area contributed by atoms with Crippen molar-refractivity contribution in [2.24, 2.45) is 0 Å². The number of carbonyl (C=O) groups excluding carboxylic acids is 1. The van der Waals surface area contributed by atoms with Crippen LogP contribution in [0.5, 0.6) is 5.75 Å². The van der Waals surface area contributed by atoms with Crippen LogP contribution in [0.15, 0.2) is 40.8 Å². The van der Waals surface area contributed by atoms with Crippen molar-refractivity contribution >= 4 is 22.7 Å². The molecule has 1 atom stereocenters. The van der Waals surface area contributed by atoms with Crippen LogP contribution in [0.1, 0.15) is 41.1 Å². The van der Waals surface area contributed by atoms with Crippen LogP contribution in [0.25, 0.3) is 11.0 Å². The van der Waals surface area contributed by atoms with Gasteiger partial charge in [0, 0.05) is 25.2 Å². The molecule has 0 spiro atoms. The Hall–Kier alpha value is -3.10. The van der Waals surface area contributed by atoms with Crippen LogP contribution in [0.2, 0.25) is 0 Å². The Balaban J connectivity index is 1.35. The number of hydrogen-bond acceptors (Lipinski definition) is 7. The van der Waals surface area contributed by atoms with Gasteiger partial charge >= 0.3 is 0 Å². The maximum Gasteiger partial charge on any atom is 0.255 e. The zero-order valence-electron chi connectivity index (χ0n) is 17.6. The van der Waals surface area contributed by atoms with Crippen LogP contribution in [0, 0.1) is 0 Å². The third kappa shape index (κ3) is 5.34. The van der Waals surface area contributed by atoms with Crippen molar-refractivity contribution in [2.45, 2.75) is 38.5 Å². The fraction of sp³-hybridized carbons (Fsp3) is 0.391. The van der Waals surface area contributed by atoms with Crippen LogP contribution >= 0.6 is 0 Å². The summed E-state index contributed by atoms with van der Waals surface area (Å²) >= 11 is 0. The molecule has 1 aromatic carbocycles. The van der Waals surface area contributed by atoms with Gasteiger partial charge in [-0.05, 0) is 49.6 Å². The molecule has 1 fully saturated rings. The number of hydrogen-bond donors (Lipinski definition) is 2. The van der Waals surface area contributed by atoms with Crippen molar-refractivity contribution in [3.8, 4) is 5.75 Å². The molecule has 1 aliphatic rings. The molecule has 0 aliphatic carbocycles. The van der Waals surface area contributed by atoms with Gasteiger partial charge in [-0.25, -0.2) is 4.98 Å². The molecule has 0 bridgehead atoms. The van der Waals surface area contributed by atoms with Gasteiger partial charge in [0.2, 0.25) is 0 Å². The van der Waals surface area contributed by atoms with Crippen LogP contribution < -0.4 is 15.8 Å². The van der Waals surface area contributed by atoms with Crippen molar-refractivity contribution in [3.05, 3.63) is 53.4 Å². The summed E-state index contributed by atoms with van der Waals surface area (Å²) in [6.07, 6.45) is 3.48. The summed E-state index contributed by atoms with van der Waals surface area (Å²) in [5.41, 5.74) is 7.60. The molecule has 0 saturated carbocycles. The van der Waals surface area contributed by atoms with E-state index in [9.17, 15) is 4.79 Å². The SMILES string of the molecule is COCc1ccc(C(=O)NCc2cc3ccc(OCC4CCCCO4)cc3o2)c(N)n1. The molecule has 3 aromatic rings. The van der Waals surface area contributed by atoms with E-state index in [1.807, 2.05) is 24.3 Å². The molecule has 2 aromatic heterocycles. The number of carbonyl (C=O) groups is 1. The molecule has 3 N–H and O–H groups in total. The number of nitrogen functional groups attached to an aromatic ring is 1. The first kappa shape index (κ1) is 21.1. The molecule has 8 heteroatoms. The third-order valence-electron chi connectivity index (χ3n) is 5.19. The largest absolute Gasteiger partial charge is 0.491 e. The smallest absolute Gasteiger partial charge is 0.255 e. The molecular formula is C23H27N3O5. The van der Waals surface area contributed by atoms with Gasteiger partial charge in [-0.15, -0.1) is 0 Å². The maximum absolute atomic E-state index is 12.5. The van der Waals surface area contributed by atoms with E-state index in [0.29, 0.717) is 35.8 Å². The second-order valence-corrected chi connectivity index (χ2v) is 7.56. The Morgan fingerprint density at radius 1 is 1.26 bits per heavy atom. The van der Waals surface area contributed by atoms with Gasteiger partial charge in [0.1, 0.15) is 29.5 Å². The zero-order valence-corrected chi connectivity index (χ0v) is 17.6. The van der Waals surface area contributed by atoms with Crippen LogP contribution in [0.3, 0.4) is 0 Å². The Labute approximate surface area is 180 Å². The minimum absolute atomic E-state index is 0.150. The summed E-state index contributed by atoms with van der Waals surface area (Å²) in [7, 11) is 1.58. The molecule has 1 amide bonds. The number of methoxy groups -OCH3 is 1. The lowest BCUT2D eigenvalue weighted by molar-refractivity contribution is -0.0110. The minimum atomic E-state index is -0.314. The normalized spacial score (nSPS) is 16.4. The summed E-state index contributed by atoms with van der Waals surface area (Å²) in [6, 6.07) is 11.0. The summed E-state index contributed by atoms with van der Waals surface area (Å²) in [5, 5.41) is 3.76. The summed E-state index contributed by atoms with van der Waals surface area (Å²) in [5.74, 6) is 1.23. The first-order valence-electron chi connectivity index (χ1n) is 10.4. The summed E-state index contributed by atoms with van der Waals surface area (Å²) in [4.78, 5) is 16.7. The molecule has 1 saturated heterocycles. The average molecular weight is 425 g/mol. The number of furan rings is 1. The van der Waals surface area contributed by atoms with Crippen LogP contribution in [0.4, 0.5) is 5.82 Å². The Kier molecular flexibility index (Phi) is 6.69. The predicted octanol–water partition coefficient (Wildman–Crippen LogP) is 3.43. The number of ether oxygens (including phenoxy) is 3. The molecule has 1 aliphatic heterocycles. The second kappa shape index (κ2) is 9.80. The molecule has 164 valence electrons. The van der Waals surface area contributed by atoms with Crippen LogP contribution in [-0.4, -0.2) is 37.3 Å². The zero-order chi connectivity index (χ0) is 21.6. The van der Waals surface area contributed by atoms with Gasteiger partial charge in [-0.1, -0.05) is 0 Å². The molecule has 4 rings (SSSR count). The van der Waals surface area contributed by atoms with Crippen LogP contribution in [-0.2, 0) is 22.6 Å². The highest BCUT2D eigenvalue weighted by atomic mass is 16.5. The van der Waals surface area contributed by atoms with Gasteiger partial charge in [0.25, 0.3) is 5.91 Å². The molecule has 3 heterocycles. The number of nitrogens with two attached hydrogens (primary N) is 1. The van der Waals surface area contributed by atoms with Crippen molar-refractivity contribution in [3.63, 3.8) is 0 Å². The number of rotatable bonds is 8. The van der Waals surface area contributed by atoms with Crippen molar-refractivity contribution in [2.75, 3.05) is 26.1 Å². The van der Waals surface area contributed by atoms with Gasteiger partial charge in [0.05, 0.1) is 30.5 Å². The van der Waals surface area contributed by atoms with E-state index >= 15 is 0 Å². The fourth-order valence-corrected chi connectivity index (χ4v) is 3.57. The number of fused-ring (bicyclic) bond motifs is 1. The Morgan fingerprint density at radius 3 is 2.94 bits per heavy atom. The highest BCUT2D eigenvalue weighted by Crippen LogP contribution is 2.25. The van der Waals surface area contributed by atoms with Crippen molar-refractivity contribution < 1.29 is 23.4 Å². The quantitative estimate of drug-likeness (QED) is 0.569. The van der Waals surface area contributed by atoms with E-state index < -0.39 is 0 Å². The van der Waals surface area contributed by atoms with E-state index in [1.54, 1.807) is 19.2 Å².